The van der Waals surface area contributed by atoms with Crippen molar-refractivity contribution < 1.29 is 4.39 Å². The number of hydrogen-bond acceptors (Lipinski definition) is 3. The van der Waals surface area contributed by atoms with Crippen LogP contribution in [-0.4, -0.2) is 21.5 Å². The van der Waals surface area contributed by atoms with Gasteiger partial charge in [-0.25, -0.2) is 9.07 Å². The van der Waals surface area contributed by atoms with Crippen molar-refractivity contribution >= 4 is 15.9 Å². The topological polar surface area (TPSA) is 42.7 Å². The van der Waals surface area contributed by atoms with Crippen molar-refractivity contribution in [2.24, 2.45) is 0 Å². The summed E-state index contributed by atoms with van der Waals surface area (Å²) in [5.41, 5.74) is 2.83. The molecule has 0 aliphatic heterocycles. The normalized spacial score (nSPS) is 12.6. The maximum absolute atomic E-state index is 13.2. The van der Waals surface area contributed by atoms with E-state index in [0.29, 0.717) is 4.47 Å². The summed E-state index contributed by atoms with van der Waals surface area (Å²) in [6.45, 7) is 7.17. The van der Waals surface area contributed by atoms with Crippen molar-refractivity contribution in [3.05, 3.63) is 39.9 Å². The van der Waals surface area contributed by atoms with Crippen LogP contribution in [0.1, 0.15) is 44.6 Å². The predicted molar refractivity (Wildman–Crippen MR) is 85.1 cm³/mol. The number of aromatic nitrogens is 3. The zero-order valence-corrected chi connectivity index (χ0v) is 14.1. The number of rotatable bonds is 6. The van der Waals surface area contributed by atoms with Crippen LogP contribution in [0.2, 0.25) is 0 Å². The Hall–Kier alpha value is -1.27. The lowest BCUT2D eigenvalue weighted by atomic mass is 10.1. The molecule has 1 heterocycles. The van der Waals surface area contributed by atoms with Gasteiger partial charge >= 0.3 is 0 Å². The molecule has 2 rings (SSSR count). The summed E-state index contributed by atoms with van der Waals surface area (Å²) < 4.78 is 15.7. The fourth-order valence-electron chi connectivity index (χ4n) is 2.44. The van der Waals surface area contributed by atoms with Crippen LogP contribution in [0.3, 0.4) is 0 Å². The van der Waals surface area contributed by atoms with Crippen molar-refractivity contribution in [1.29, 1.82) is 0 Å². The molecule has 0 radical (unpaired) electrons. The highest BCUT2D eigenvalue weighted by atomic mass is 79.9. The van der Waals surface area contributed by atoms with Gasteiger partial charge in [0, 0.05) is 4.47 Å². The minimum absolute atomic E-state index is 0.193. The molecule has 0 bridgehead atoms. The number of nitrogens with one attached hydrogen (secondary N) is 1. The lowest BCUT2D eigenvalue weighted by Gasteiger charge is -2.15. The van der Waals surface area contributed by atoms with E-state index in [-0.39, 0.29) is 11.9 Å². The van der Waals surface area contributed by atoms with Gasteiger partial charge in [0.25, 0.3) is 0 Å². The van der Waals surface area contributed by atoms with Gasteiger partial charge in [0.1, 0.15) is 11.5 Å². The van der Waals surface area contributed by atoms with Crippen LogP contribution in [0.4, 0.5) is 4.39 Å². The van der Waals surface area contributed by atoms with Crippen molar-refractivity contribution in [1.82, 2.24) is 20.3 Å². The SMILES string of the molecule is CCNC(CC)c1nnn(-c2ccc(F)cc2Br)c1CC. The summed E-state index contributed by atoms with van der Waals surface area (Å²) >= 11 is 3.40. The van der Waals surface area contributed by atoms with Crippen LogP contribution in [0.5, 0.6) is 0 Å². The van der Waals surface area contributed by atoms with Crippen molar-refractivity contribution in [2.45, 2.75) is 39.7 Å². The van der Waals surface area contributed by atoms with Gasteiger partial charge in [0.15, 0.2) is 0 Å². The van der Waals surface area contributed by atoms with Crippen LogP contribution in [0.25, 0.3) is 5.69 Å². The van der Waals surface area contributed by atoms with Crippen molar-refractivity contribution in [3.8, 4) is 5.69 Å². The molecule has 0 fully saturated rings. The fraction of sp³-hybridized carbons (Fsp3) is 0.467. The lowest BCUT2D eigenvalue weighted by molar-refractivity contribution is 0.520. The van der Waals surface area contributed by atoms with E-state index in [2.05, 4.69) is 52.3 Å². The zero-order valence-electron chi connectivity index (χ0n) is 12.5. The van der Waals surface area contributed by atoms with E-state index >= 15 is 0 Å². The molecule has 1 unspecified atom stereocenters. The third-order valence-corrected chi connectivity index (χ3v) is 4.09. The molecule has 4 nitrogen and oxygen atoms in total. The highest BCUT2D eigenvalue weighted by molar-refractivity contribution is 9.10. The van der Waals surface area contributed by atoms with Gasteiger partial charge in [0.2, 0.25) is 0 Å². The standard InChI is InChI=1S/C15H20BrFN4/c1-4-12(18-6-3)15-13(5-2)21(20-19-15)14-8-7-10(17)9-11(14)16/h7-9,12,18H,4-6H2,1-3H3. The van der Waals surface area contributed by atoms with E-state index < -0.39 is 0 Å². The van der Waals surface area contributed by atoms with E-state index in [9.17, 15) is 4.39 Å². The van der Waals surface area contributed by atoms with Gasteiger partial charge in [-0.05, 0) is 53.5 Å². The average Bonchev–Trinajstić information content (AvgIpc) is 2.88. The first-order valence-corrected chi connectivity index (χ1v) is 8.04. The van der Waals surface area contributed by atoms with E-state index in [0.717, 1.165) is 36.5 Å². The zero-order chi connectivity index (χ0) is 15.4. The molecule has 0 amide bonds. The molecule has 1 N–H and O–H groups in total. The summed E-state index contributed by atoms with van der Waals surface area (Å²) in [7, 11) is 0. The largest absolute Gasteiger partial charge is 0.309 e. The molecule has 0 spiro atoms. The van der Waals surface area contributed by atoms with E-state index in [1.54, 1.807) is 10.7 Å². The quantitative estimate of drug-likeness (QED) is 0.857. The maximum atomic E-state index is 13.2. The van der Waals surface area contributed by atoms with Crippen LogP contribution >= 0.6 is 15.9 Å². The number of hydrogen-bond donors (Lipinski definition) is 1. The molecule has 21 heavy (non-hydrogen) atoms. The molecule has 114 valence electrons. The van der Waals surface area contributed by atoms with Crippen molar-refractivity contribution in [3.63, 3.8) is 0 Å². The summed E-state index contributed by atoms with van der Waals surface area (Å²) in [5, 5.41) is 12.0. The molecule has 6 heteroatoms. The van der Waals surface area contributed by atoms with Gasteiger partial charge < -0.3 is 5.32 Å². The van der Waals surface area contributed by atoms with Crippen molar-refractivity contribution in [2.75, 3.05) is 6.54 Å². The maximum Gasteiger partial charge on any atom is 0.124 e. The highest BCUT2D eigenvalue weighted by Gasteiger charge is 2.20. The highest BCUT2D eigenvalue weighted by Crippen LogP contribution is 2.26. The van der Waals surface area contributed by atoms with Crippen LogP contribution in [-0.2, 0) is 6.42 Å². The molecule has 0 aliphatic carbocycles. The number of halogens is 2. The first-order valence-electron chi connectivity index (χ1n) is 7.25. The minimum atomic E-state index is -0.275. The summed E-state index contributed by atoms with van der Waals surface area (Å²) in [4.78, 5) is 0. The Kier molecular flexibility index (Phi) is 5.47. The van der Waals surface area contributed by atoms with Gasteiger partial charge in [-0.15, -0.1) is 5.10 Å². The Morgan fingerprint density at radius 3 is 2.67 bits per heavy atom. The van der Waals surface area contributed by atoms with Crippen LogP contribution in [0, 0.1) is 5.82 Å². The smallest absolute Gasteiger partial charge is 0.124 e. The summed E-state index contributed by atoms with van der Waals surface area (Å²) in [6, 6.07) is 4.78. The van der Waals surface area contributed by atoms with E-state index in [1.165, 1.54) is 12.1 Å². The van der Waals surface area contributed by atoms with Gasteiger partial charge in [0.05, 0.1) is 17.4 Å². The Balaban J connectivity index is 2.48. The molecule has 0 aliphatic rings. The predicted octanol–water partition coefficient (Wildman–Crippen LogP) is 3.79. The minimum Gasteiger partial charge on any atom is -0.309 e. The Labute approximate surface area is 132 Å². The number of benzene rings is 1. The van der Waals surface area contributed by atoms with Gasteiger partial charge in [-0.1, -0.05) is 26.0 Å². The second-order valence-electron chi connectivity index (χ2n) is 4.80. The fourth-order valence-corrected chi connectivity index (χ4v) is 2.96. The molecule has 0 saturated carbocycles. The van der Waals surface area contributed by atoms with Crippen LogP contribution < -0.4 is 5.32 Å². The van der Waals surface area contributed by atoms with E-state index in [4.69, 9.17) is 0 Å². The monoisotopic (exact) mass is 354 g/mol. The van der Waals surface area contributed by atoms with Gasteiger partial charge in [-0.2, -0.15) is 0 Å². The first-order chi connectivity index (χ1) is 10.1. The second-order valence-corrected chi connectivity index (χ2v) is 5.66. The lowest BCUT2D eigenvalue weighted by Crippen LogP contribution is -2.21. The Bertz CT molecular complexity index is 612. The second kappa shape index (κ2) is 7.13. The third kappa shape index (κ3) is 3.32. The molecule has 0 saturated heterocycles. The summed E-state index contributed by atoms with van der Waals surface area (Å²) in [6.07, 6.45) is 1.76. The van der Waals surface area contributed by atoms with Crippen LogP contribution in [0.15, 0.2) is 22.7 Å². The molecular weight excluding hydrogens is 335 g/mol. The molecule has 1 atom stereocenters. The Morgan fingerprint density at radius 1 is 1.33 bits per heavy atom. The molecular formula is C15H20BrFN4. The number of nitrogens with zero attached hydrogens (tertiary/aromatic N) is 3. The molecule has 2 aromatic rings. The molecule has 1 aromatic carbocycles. The Morgan fingerprint density at radius 2 is 2.10 bits per heavy atom. The summed E-state index contributed by atoms with van der Waals surface area (Å²) in [5.74, 6) is -0.275. The van der Waals surface area contributed by atoms with E-state index in [1.807, 2.05) is 0 Å². The average molecular weight is 355 g/mol. The first kappa shape index (κ1) is 16.1. The molecule has 1 aromatic heterocycles. The van der Waals surface area contributed by atoms with Gasteiger partial charge in [-0.3, -0.25) is 0 Å². The third-order valence-electron chi connectivity index (χ3n) is 3.45.